The lowest BCUT2D eigenvalue weighted by molar-refractivity contribution is 0.184. The summed E-state index contributed by atoms with van der Waals surface area (Å²) < 4.78 is 33.8. The van der Waals surface area contributed by atoms with Crippen LogP contribution in [0.1, 0.15) is 37.9 Å². The van der Waals surface area contributed by atoms with Crippen LogP contribution >= 0.6 is 0 Å². The average Bonchev–Trinajstić information content (AvgIpc) is 3.33. The second-order valence-corrected chi connectivity index (χ2v) is 9.96. The fourth-order valence-corrected chi connectivity index (χ4v) is 5.11. The number of aromatic nitrogens is 3. The number of rotatable bonds is 6. The first-order valence-corrected chi connectivity index (χ1v) is 10.7. The van der Waals surface area contributed by atoms with E-state index in [0.29, 0.717) is 30.7 Å². The summed E-state index contributed by atoms with van der Waals surface area (Å²) in [4.78, 5) is 8.77. The van der Waals surface area contributed by atoms with Crippen LogP contribution in [0.25, 0.3) is 11.5 Å². The van der Waals surface area contributed by atoms with Gasteiger partial charge in [0.25, 0.3) is 16.1 Å². The summed E-state index contributed by atoms with van der Waals surface area (Å²) in [7, 11) is -0.328. The Balaban J connectivity index is 1.68. The molecule has 1 saturated carbocycles. The highest BCUT2D eigenvalue weighted by atomic mass is 32.2. The van der Waals surface area contributed by atoms with Gasteiger partial charge in [0.15, 0.2) is 5.82 Å². The Labute approximate surface area is 159 Å². The molecule has 2 fully saturated rings. The Morgan fingerprint density at radius 3 is 2.85 bits per heavy atom. The summed E-state index contributed by atoms with van der Waals surface area (Å²) in [5.41, 5.74) is 0.373. The molecular weight excluding hydrogens is 366 g/mol. The van der Waals surface area contributed by atoms with E-state index >= 15 is 0 Å². The van der Waals surface area contributed by atoms with Crippen LogP contribution in [0.15, 0.2) is 29.0 Å². The molecule has 27 heavy (non-hydrogen) atoms. The maximum atomic E-state index is 12.7. The molecule has 4 rings (SSSR count). The van der Waals surface area contributed by atoms with Crippen LogP contribution in [0.5, 0.6) is 0 Å². The first-order chi connectivity index (χ1) is 12.9. The molecule has 2 aromatic rings. The van der Waals surface area contributed by atoms with E-state index in [9.17, 15) is 8.42 Å². The molecule has 2 aromatic heterocycles. The molecule has 1 aliphatic heterocycles. The number of nitrogens with zero attached hydrogens (tertiary/aromatic N) is 5. The zero-order valence-electron chi connectivity index (χ0n) is 15.7. The molecule has 0 radical (unpaired) electrons. The van der Waals surface area contributed by atoms with Crippen molar-refractivity contribution in [1.29, 1.82) is 0 Å². The van der Waals surface area contributed by atoms with Gasteiger partial charge in [-0.2, -0.15) is 22.0 Å². The minimum atomic E-state index is -3.47. The van der Waals surface area contributed by atoms with Gasteiger partial charge in [0.05, 0.1) is 5.56 Å². The lowest BCUT2D eigenvalue weighted by Gasteiger charge is -2.41. The number of pyridine rings is 1. The van der Waals surface area contributed by atoms with E-state index < -0.39 is 15.6 Å². The van der Waals surface area contributed by atoms with Crippen molar-refractivity contribution in [2.75, 3.05) is 27.2 Å². The molecule has 3 heterocycles. The third-order valence-electron chi connectivity index (χ3n) is 5.51. The van der Waals surface area contributed by atoms with Crippen LogP contribution < -0.4 is 0 Å². The van der Waals surface area contributed by atoms with Gasteiger partial charge in [0.1, 0.15) is 0 Å². The molecule has 1 saturated heterocycles. The molecule has 146 valence electrons. The van der Waals surface area contributed by atoms with Gasteiger partial charge in [0.2, 0.25) is 0 Å². The molecule has 1 unspecified atom stereocenters. The lowest BCUT2D eigenvalue weighted by Crippen LogP contribution is -2.52. The minimum Gasteiger partial charge on any atom is -0.334 e. The molecule has 9 heteroatoms. The van der Waals surface area contributed by atoms with Gasteiger partial charge in [-0.25, -0.2) is 0 Å². The molecule has 1 atom stereocenters. The quantitative estimate of drug-likeness (QED) is 0.748. The van der Waals surface area contributed by atoms with Crippen molar-refractivity contribution in [2.24, 2.45) is 5.92 Å². The van der Waals surface area contributed by atoms with E-state index in [1.807, 2.05) is 12.1 Å². The van der Waals surface area contributed by atoms with Crippen LogP contribution in [0.2, 0.25) is 0 Å². The first kappa shape index (κ1) is 18.5. The van der Waals surface area contributed by atoms with E-state index in [1.54, 1.807) is 30.8 Å². The standard InChI is InChI=1S/C18H25N5O3S/c1-22(2)27(24,25)23-10-4-8-18(13-23,11-14-6-7-14)17-20-16(26-21-17)15-5-3-9-19-12-15/h3,5,9,12,14H,4,6-8,10-11,13H2,1-2H3. The second kappa shape index (κ2) is 6.96. The number of hydrogen-bond acceptors (Lipinski definition) is 6. The minimum absolute atomic E-state index is 0.396. The number of piperidine rings is 1. The highest BCUT2D eigenvalue weighted by molar-refractivity contribution is 7.86. The molecule has 0 amide bonds. The third-order valence-corrected chi connectivity index (χ3v) is 7.40. The topological polar surface area (TPSA) is 92.4 Å². The van der Waals surface area contributed by atoms with Crippen LogP contribution in [0.4, 0.5) is 0 Å². The zero-order valence-corrected chi connectivity index (χ0v) is 16.5. The van der Waals surface area contributed by atoms with Gasteiger partial charge in [-0.1, -0.05) is 18.0 Å². The van der Waals surface area contributed by atoms with E-state index in [2.05, 4.69) is 15.1 Å². The van der Waals surface area contributed by atoms with Crippen molar-refractivity contribution in [3.05, 3.63) is 30.4 Å². The Hall–Kier alpha value is -1.84. The smallest absolute Gasteiger partial charge is 0.281 e. The molecule has 8 nitrogen and oxygen atoms in total. The molecule has 0 bridgehead atoms. The van der Waals surface area contributed by atoms with Crippen LogP contribution in [-0.4, -0.2) is 59.3 Å². The molecular formula is C18H25N5O3S. The second-order valence-electron chi connectivity index (χ2n) is 7.82. The third kappa shape index (κ3) is 3.63. The lowest BCUT2D eigenvalue weighted by atomic mass is 9.75. The van der Waals surface area contributed by atoms with Gasteiger partial charge in [-0.05, 0) is 37.3 Å². The fraction of sp³-hybridized carbons (Fsp3) is 0.611. The summed E-state index contributed by atoms with van der Waals surface area (Å²) in [5.74, 6) is 1.67. The van der Waals surface area contributed by atoms with Crippen LogP contribution in [0, 0.1) is 5.92 Å². The van der Waals surface area contributed by atoms with Gasteiger partial charge in [-0.3, -0.25) is 4.98 Å². The Morgan fingerprint density at radius 2 is 2.19 bits per heavy atom. The van der Waals surface area contributed by atoms with E-state index in [-0.39, 0.29) is 0 Å². The Bertz CT molecular complexity index is 895. The summed E-state index contributed by atoms with van der Waals surface area (Å²) in [6, 6.07) is 3.70. The highest BCUT2D eigenvalue weighted by Gasteiger charge is 2.47. The molecule has 2 aliphatic rings. The van der Waals surface area contributed by atoms with Crippen molar-refractivity contribution < 1.29 is 12.9 Å². The number of hydrogen-bond donors (Lipinski definition) is 0. The van der Waals surface area contributed by atoms with Crippen molar-refractivity contribution >= 4 is 10.2 Å². The molecule has 0 spiro atoms. The van der Waals surface area contributed by atoms with Gasteiger partial charge >= 0.3 is 0 Å². The largest absolute Gasteiger partial charge is 0.334 e. The predicted molar refractivity (Wildman–Crippen MR) is 100.0 cm³/mol. The predicted octanol–water partition coefficient (Wildman–Crippen LogP) is 2.07. The van der Waals surface area contributed by atoms with Crippen molar-refractivity contribution in [3.63, 3.8) is 0 Å². The van der Waals surface area contributed by atoms with Crippen molar-refractivity contribution in [1.82, 2.24) is 23.7 Å². The van der Waals surface area contributed by atoms with E-state index in [1.165, 1.54) is 17.1 Å². The normalized spacial score (nSPS) is 24.4. The van der Waals surface area contributed by atoms with Gasteiger partial charge in [0, 0.05) is 45.0 Å². The van der Waals surface area contributed by atoms with Crippen LogP contribution in [0.3, 0.4) is 0 Å². The molecule has 0 N–H and O–H groups in total. The molecule has 0 aromatic carbocycles. The van der Waals surface area contributed by atoms with Crippen LogP contribution in [-0.2, 0) is 15.6 Å². The summed E-state index contributed by atoms with van der Waals surface area (Å²) >= 11 is 0. The SMILES string of the molecule is CN(C)S(=O)(=O)N1CCCC(CC2CC2)(c2noc(-c3cccnc3)n2)C1. The van der Waals surface area contributed by atoms with Crippen molar-refractivity contribution in [2.45, 2.75) is 37.5 Å². The monoisotopic (exact) mass is 391 g/mol. The summed E-state index contributed by atoms with van der Waals surface area (Å²) in [6.07, 6.45) is 8.32. The molecule has 1 aliphatic carbocycles. The summed E-state index contributed by atoms with van der Waals surface area (Å²) in [5, 5.41) is 4.28. The zero-order chi connectivity index (χ0) is 19.1. The maximum absolute atomic E-state index is 12.7. The van der Waals surface area contributed by atoms with E-state index in [4.69, 9.17) is 4.52 Å². The van der Waals surface area contributed by atoms with Gasteiger partial charge < -0.3 is 4.52 Å². The first-order valence-electron chi connectivity index (χ1n) is 9.33. The van der Waals surface area contributed by atoms with Gasteiger partial charge in [-0.15, -0.1) is 0 Å². The highest BCUT2D eigenvalue weighted by Crippen LogP contribution is 2.46. The Morgan fingerprint density at radius 1 is 1.37 bits per heavy atom. The average molecular weight is 391 g/mol. The van der Waals surface area contributed by atoms with Crippen molar-refractivity contribution in [3.8, 4) is 11.5 Å². The fourth-order valence-electron chi connectivity index (χ4n) is 3.88. The maximum Gasteiger partial charge on any atom is 0.281 e. The Kier molecular flexibility index (Phi) is 4.77. The van der Waals surface area contributed by atoms with E-state index in [0.717, 1.165) is 24.8 Å². The summed E-state index contributed by atoms with van der Waals surface area (Å²) in [6.45, 7) is 0.927.